The van der Waals surface area contributed by atoms with Gasteiger partial charge in [-0.3, -0.25) is 4.79 Å². The number of aryl methyl sites for hydroxylation is 1. The van der Waals surface area contributed by atoms with E-state index < -0.39 is 5.97 Å². The van der Waals surface area contributed by atoms with Gasteiger partial charge in [0.2, 0.25) is 0 Å². The third kappa shape index (κ3) is 4.89. The Kier molecular flexibility index (Phi) is 6.54. The molecule has 31 heavy (non-hydrogen) atoms. The molecule has 0 radical (unpaired) electrons. The van der Waals surface area contributed by atoms with Crippen molar-refractivity contribution in [2.45, 2.75) is 46.0 Å². The quantitative estimate of drug-likeness (QED) is 0.539. The van der Waals surface area contributed by atoms with Gasteiger partial charge in [-0.1, -0.05) is 37.5 Å². The summed E-state index contributed by atoms with van der Waals surface area (Å²) < 4.78 is 7.10. The fourth-order valence-electron chi connectivity index (χ4n) is 4.97. The van der Waals surface area contributed by atoms with Gasteiger partial charge < -0.3 is 9.64 Å². The first kappa shape index (κ1) is 21.3. The van der Waals surface area contributed by atoms with Gasteiger partial charge in [0.25, 0.3) is 5.91 Å². The van der Waals surface area contributed by atoms with Gasteiger partial charge in [0, 0.05) is 30.4 Å². The fourth-order valence-corrected chi connectivity index (χ4v) is 4.97. The Morgan fingerprint density at radius 3 is 2.61 bits per heavy atom. The second kappa shape index (κ2) is 9.50. The van der Waals surface area contributed by atoms with Gasteiger partial charge in [0.05, 0.1) is 11.4 Å². The predicted molar refractivity (Wildman–Crippen MR) is 120 cm³/mol. The first-order valence-corrected chi connectivity index (χ1v) is 11.3. The third-order valence-corrected chi connectivity index (χ3v) is 6.72. The molecular weight excluding hydrogens is 390 g/mol. The highest BCUT2D eigenvalue weighted by molar-refractivity contribution is 5.89. The van der Waals surface area contributed by atoms with Gasteiger partial charge in [-0.15, -0.1) is 0 Å². The van der Waals surface area contributed by atoms with Gasteiger partial charge in [-0.25, -0.2) is 9.48 Å². The molecule has 0 N–H and O–H groups in total. The smallest absolute Gasteiger partial charge is 0.331 e. The lowest BCUT2D eigenvalue weighted by Gasteiger charge is -2.41. The standard InChI is InChI=1S/C25H31N3O3/c1-18-23(19(2)28(26-18)22-10-4-3-5-11-22)12-13-25(30)31-17-24(29)27-15-14-20-8-6-7-9-21(20)16-27/h3-5,10-13,20-21H,6-9,14-17H2,1-2H3/b13-12+/t20-,21-/m1/s1. The van der Waals surface area contributed by atoms with E-state index in [1.165, 1.54) is 31.8 Å². The normalized spacial score (nSPS) is 21.2. The highest BCUT2D eigenvalue weighted by atomic mass is 16.5. The molecule has 1 amide bonds. The number of carbonyl (C=O) groups is 2. The van der Waals surface area contributed by atoms with Crippen LogP contribution in [-0.4, -0.2) is 46.3 Å². The molecule has 0 unspecified atom stereocenters. The SMILES string of the molecule is Cc1nn(-c2ccccc2)c(C)c1/C=C/C(=O)OCC(=O)N1CC[C@H]2CCCC[C@@H]2C1. The van der Waals surface area contributed by atoms with Crippen molar-refractivity contribution in [1.82, 2.24) is 14.7 Å². The van der Waals surface area contributed by atoms with E-state index >= 15 is 0 Å². The zero-order valence-corrected chi connectivity index (χ0v) is 18.4. The zero-order chi connectivity index (χ0) is 21.8. The predicted octanol–water partition coefficient (Wildman–Crippen LogP) is 4.08. The molecule has 1 aliphatic carbocycles. The number of para-hydroxylation sites is 1. The van der Waals surface area contributed by atoms with E-state index in [1.54, 1.807) is 6.08 Å². The monoisotopic (exact) mass is 421 g/mol. The fraction of sp³-hybridized carbons (Fsp3) is 0.480. The number of aromatic nitrogens is 2. The first-order valence-electron chi connectivity index (χ1n) is 11.3. The van der Waals surface area contributed by atoms with Gasteiger partial charge in [-0.05, 0) is 56.7 Å². The van der Waals surface area contributed by atoms with Crippen molar-refractivity contribution in [2.24, 2.45) is 11.8 Å². The Hall–Kier alpha value is -2.89. The summed E-state index contributed by atoms with van der Waals surface area (Å²) in [5.41, 5.74) is 3.63. The Morgan fingerprint density at radius 2 is 1.84 bits per heavy atom. The molecule has 2 aliphatic rings. The first-order chi connectivity index (χ1) is 15.0. The number of hydrogen-bond acceptors (Lipinski definition) is 4. The molecule has 0 bridgehead atoms. The van der Waals surface area contributed by atoms with Crippen LogP contribution >= 0.6 is 0 Å². The molecule has 6 nitrogen and oxygen atoms in total. The Bertz CT molecular complexity index is 964. The zero-order valence-electron chi connectivity index (χ0n) is 18.4. The summed E-state index contributed by atoms with van der Waals surface area (Å²) in [5.74, 6) is 0.794. The lowest BCUT2D eigenvalue weighted by Crippen LogP contribution is -2.46. The van der Waals surface area contributed by atoms with Crippen LogP contribution in [0.15, 0.2) is 36.4 Å². The van der Waals surface area contributed by atoms with Crippen molar-refractivity contribution in [3.05, 3.63) is 53.4 Å². The Labute approximate surface area is 183 Å². The van der Waals surface area contributed by atoms with Crippen LogP contribution in [0.2, 0.25) is 0 Å². The summed E-state index contributed by atoms with van der Waals surface area (Å²) in [6.07, 6.45) is 9.28. The van der Waals surface area contributed by atoms with Crippen molar-refractivity contribution in [3.8, 4) is 5.69 Å². The molecule has 2 aromatic rings. The van der Waals surface area contributed by atoms with Gasteiger partial charge in [0.15, 0.2) is 6.61 Å². The molecule has 164 valence electrons. The number of carbonyl (C=O) groups excluding carboxylic acids is 2. The maximum Gasteiger partial charge on any atom is 0.331 e. The summed E-state index contributed by atoms with van der Waals surface area (Å²) in [6, 6.07) is 9.87. The number of hydrogen-bond donors (Lipinski definition) is 0. The van der Waals surface area contributed by atoms with Crippen LogP contribution in [0.1, 0.15) is 49.1 Å². The van der Waals surface area contributed by atoms with Gasteiger partial charge in [0.1, 0.15) is 0 Å². The van der Waals surface area contributed by atoms with Gasteiger partial charge >= 0.3 is 5.97 Å². The molecular formula is C25H31N3O3. The minimum Gasteiger partial charge on any atom is -0.452 e. The summed E-state index contributed by atoms with van der Waals surface area (Å²) in [4.78, 5) is 26.6. The number of amides is 1. The largest absolute Gasteiger partial charge is 0.452 e. The lowest BCUT2D eigenvalue weighted by molar-refractivity contribution is -0.149. The van der Waals surface area contributed by atoms with Crippen molar-refractivity contribution in [3.63, 3.8) is 0 Å². The maximum atomic E-state index is 12.5. The number of esters is 1. The number of nitrogens with zero attached hydrogens (tertiary/aromatic N) is 3. The van der Waals surface area contributed by atoms with Crippen molar-refractivity contribution < 1.29 is 14.3 Å². The van der Waals surface area contributed by atoms with Gasteiger partial charge in [-0.2, -0.15) is 5.10 Å². The molecule has 0 spiro atoms. The molecule has 2 fully saturated rings. The van der Waals surface area contributed by atoms with E-state index in [4.69, 9.17) is 4.74 Å². The minimum absolute atomic E-state index is 0.0879. The average molecular weight is 422 g/mol. The second-order valence-electron chi connectivity index (χ2n) is 8.71. The van der Waals surface area contributed by atoms with E-state index in [-0.39, 0.29) is 12.5 Å². The molecule has 1 saturated carbocycles. The van der Waals surface area contributed by atoms with Crippen LogP contribution < -0.4 is 0 Å². The van der Waals surface area contributed by atoms with Crippen LogP contribution in [-0.2, 0) is 14.3 Å². The van der Waals surface area contributed by atoms with Crippen molar-refractivity contribution in [2.75, 3.05) is 19.7 Å². The maximum absolute atomic E-state index is 12.5. The number of likely N-dealkylation sites (tertiary alicyclic amines) is 1. The molecule has 1 saturated heterocycles. The van der Waals surface area contributed by atoms with Crippen molar-refractivity contribution >= 4 is 18.0 Å². The molecule has 1 aromatic carbocycles. The summed E-state index contributed by atoms with van der Waals surface area (Å²) in [6.45, 7) is 5.28. The number of fused-ring (bicyclic) bond motifs is 1. The number of ether oxygens (including phenoxy) is 1. The van der Waals surface area contributed by atoms with E-state index in [2.05, 4.69) is 5.10 Å². The highest BCUT2D eigenvalue weighted by Crippen LogP contribution is 2.36. The van der Waals surface area contributed by atoms with E-state index in [9.17, 15) is 9.59 Å². The summed E-state index contributed by atoms with van der Waals surface area (Å²) >= 11 is 0. The second-order valence-corrected chi connectivity index (χ2v) is 8.71. The molecule has 4 rings (SSSR count). The topological polar surface area (TPSA) is 64.4 Å². The highest BCUT2D eigenvalue weighted by Gasteiger charge is 2.33. The summed E-state index contributed by atoms with van der Waals surface area (Å²) in [7, 11) is 0. The van der Waals surface area contributed by atoms with Crippen LogP contribution in [0.3, 0.4) is 0 Å². The number of benzene rings is 1. The van der Waals surface area contributed by atoms with E-state index in [0.29, 0.717) is 5.92 Å². The van der Waals surface area contributed by atoms with Crippen LogP contribution in [0.25, 0.3) is 11.8 Å². The van der Waals surface area contributed by atoms with E-state index in [0.717, 1.165) is 48.1 Å². The molecule has 6 heteroatoms. The summed E-state index contributed by atoms with van der Waals surface area (Å²) in [5, 5.41) is 4.58. The molecule has 1 aliphatic heterocycles. The third-order valence-electron chi connectivity index (χ3n) is 6.72. The Morgan fingerprint density at radius 1 is 1.10 bits per heavy atom. The van der Waals surface area contributed by atoms with Crippen molar-refractivity contribution in [1.29, 1.82) is 0 Å². The minimum atomic E-state index is -0.507. The number of piperidine rings is 1. The molecule has 1 aromatic heterocycles. The Balaban J connectivity index is 1.32. The lowest BCUT2D eigenvalue weighted by atomic mass is 9.75. The van der Waals surface area contributed by atoms with Crippen LogP contribution in [0.5, 0.6) is 0 Å². The average Bonchev–Trinajstić information content (AvgIpc) is 3.09. The molecule has 2 atom stereocenters. The van der Waals surface area contributed by atoms with Crippen LogP contribution in [0.4, 0.5) is 0 Å². The molecule has 2 heterocycles. The van der Waals surface area contributed by atoms with Crippen LogP contribution in [0, 0.1) is 25.7 Å². The number of rotatable bonds is 5. The van der Waals surface area contributed by atoms with E-state index in [1.807, 2.05) is 53.8 Å².